The minimum Gasteiger partial charge on any atom is -0.457 e. The molecule has 0 amide bonds. The van der Waals surface area contributed by atoms with Crippen LogP contribution in [0.1, 0.15) is 0 Å². The first-order valence-corrected chi connectivity index (χ1v) is 14.5. The minimum atomic E-state index is 0.747. The minimum absolute atomic E-state index is 0.747. The molecule has 44 heavy (non-hydrogen) atoms. The van der Waals surface area contributed by atoms with E-state index in [1.54, 1.807) is 0 Å². The molecule has 0 spiro atoms. The fourth-order valence-corrected chi connectivity index (χ4v) is 5.29. The number of benzene rings is 5. The smallest absolute Gasteiger partial charge is 0.457 e. The van der Waals surface area contributed by atoms with E-state index >= 15 is 0 Å². The van der Waals surface area contributed by atoms with Crippen LogP contribution < -0.4 is 9.64 Å². The van der Waals surface area contributed by atoms with Crippen LogP contribution in [-0.4, -0.2) is 27.2 Å². The molecule has 0 saturated carbocycles. The Morgan fingerprint density at radius 3 is 1.93 bits per heavy atom. The van der Waals surface area contributed by atoms with Gasteiger partial charge in [-0.3, -0.25) is 4.98 Å². The van der Waals surface area contributed by atoms with E-state index in [4.69, 9.17) is 9.72 Å². The summed E-state index contributed by atoms with van der Waals surface area (Å²) in [6, 6.07) is 53.0. The van der Waals surface area contributed by atoms with E-state index in [0.717, 1.165) is 56.6 Å². The lowest BCUT2D eigenvalue weighted by molar-refractivity contribution is -0.429. The quantitative estimate of drug-likeness (QED) is 0.171. The van der Waals surface area contributed by atoms with Crippen LogP contribution in [0.5, 0.6) is 11.5 Å². The average Bonchev–Trinajstić information content (AvgIpc) is 3.53. The van der Waals surface area contributed by atoms with Gasteiger partial charge in [-0.25, -0.2) is 0 Å². The van der Waals surface area contributed by atoms with Crippen LogP contribution in [-0.2, 0) is 0 Å². The van der Waals surface area contributed by atoms with E-state index < -0.39 is 0 Å². The van der Waals surface area contributed by atoms with Gasteiger partial charge in [0.25, 0.3) is 6.20 Å². The van der Waals surface area contributed by atoms with Crippen molar-refractivity contribution in [2.75, 3.05) is 11.9 Å². The molecule has 5 aromatic carbocycles. The zero-order chi connectivity index (χ0) is 29.7. The highest BCUT2D eigenvalue weighted by molar-refractivity contribution is 5.80. The molecule has 0 bridgehead atoms. The average molecular weight is 571 g/mol. The van der Waals surface area contributed by atoms with E-state index in [1.807, 2.05) is 89.4 Å². The maximum atomic E-state index is 6.28. The fraction of sp³-hybridized carbons (Fsp3) is 0.0256. The first kappa shape index (κ1) is 26.8. The molecule has 7 rings (SSSR count). The van der Waals surface area contributed by atoms with Gasteiger partial charge >= 0.3 is 6.01 Å². The van der Waals surface area contributed by atoms with Crippen LogP contribution in [0.25, 0.3) is 22.4 Å². The van der Waals surface area contributed by atoms with Gasteiger partial charge in [-0.05, 0) is 77.9 Å². The number of hydrogen-bond acceptors (Lipinski definition) is 3. The highest BCUT2D eigenvalue weighted by Crippen LogP contribution is 2.37. The molecule has 0 radical (unpaired) electrons. The van der Waals surface area contributed by atoms with E-state index in [-0.39, 0.29) is 0 Å². The van der Waals surface area contributed by atoms with Crippen molar-refractivity contribution in [1.29, 1.82) is 0 Å². The Morgan fingerprint density at radius 1 is 0.568 bits per heavy atom. The zero-order valence-electron chi connectivity index (χ0n) is 24.3. The summed E-state index contributed by atoms with van der Waals surface area (Å²) in [4.78, 5) is 6.99. The second kappa shape index (κ2) is 12.1. The van der Waals surface area contributed by atoms with Crippen LogP contribution in [0.15, 0.2) is 164 Å². The number of nitrogens with zero attached hydrogens (tertiary/aromatic N) is 4. The van der Waals surface area contributed by atoms with Crippen LogP contribution in [0.2, 0.25) is 0 Å². The van der Waals surface area contributed by atoms with Gasteiger partial charge in [-0.15, -0.1) is 0 Å². The molecule has 0 atom stereocenters. The van der Waals surface area contributed by atoms with Crippen molar-refractivity contribution in [1.82, 2.24) is 4.98 Å². The van der Waals surface area contributed by atoms with E-state index in [0.29, 0.717) is 0 Å². The third kappa shape index (κ3) is 5.82. The van der Waals surface area contributed by atoms with Gasteiger partial charge in [0.05, 0.1) is 11.8 Å². The zero-order valence-corrected chi connectivity index (χ0v) is 24.3. The predicted molar refractivity (Wildman–Crippen MR) is 177 cm³/mol. The van der Waals surface area contributed by atoms with E-state index in [9.17, 15) is 0 Å². The first-order chi connectivity index (χ1) is 21.7. The lowest BCUT2D eigenvalue weighted by Gasteiger charge is -2.26. The van der Waals surface area contributed by atoms with Crippen LogP contribution in [0, 0.1) is 0 Å². The Morgan fingerprint density at radius 2 is 1.20 bits per heavy atom. The fourth-order valence-electron chi connectivity index (χ4n) is 5.29. The number of ether oxygens (including phenoxy) is 1. The summed E-state index contributed by atoms with van der Waals surface area (Å²) in [7, 11) is 1.95. The number of pyridine rings is 1. The predicted octanol–water partition coefficient (Wildman–Crippen LogP) is 9.62. The van der Waals surface area contributed by atoms with Crippen molar-refractivity contribution in [3.8, 4) is 33.9 Å². The standard InChI is InChI=1S/C39H30N4O/c1-41-23-24-42(29-41)35-17-10-20-38(28-35)44-37-19-9-12-32(26-37)39-27-31(21-22-40-39)30-11-8-18-36(25-30)43(33-13-4-2-5-14-33)34-15-6-3-7-16-34/h2-28H,1H3/q+2. The molecule has 0 fully saturated rings. The highest BCUT2D eigenvalue weighted by Gasteiger charge is 2.17. The van der Waals surface area contributed by atoms with Crippen LogP contribution in [0.3, 0.4) is 0 Å². The molecule has 6 aromatic rings. The maximum absolute atomic E-state index is 6.28. The molecule has 1 aromatic heterocycles. The molecule has 0 aliphatic carbocycles. The molecule has 0 unspecified atom stereocenters. The summed E-state index contributed by atoms with van der Waals surface area (Å²) >= 11 is 0. The third-order valence-corrected chi connectivity index (χ3v) is 7.39. The summed E-state index contributed by atoms with van der Waals surface area (Å²) in [5.41, 5.74) is 8.34. The SMILES string of the molecule is C[N+]1=C=[N+](c2cccc(Oc3cccc(-c4cc(-c5cccc(N(c6ccccc6)c6ccccc6)c5)ccn4)c3)c2)C=C1. The second-order valence-electron chi connectivity index (χ2n) is 10.5. The molecule has 0 saturated heterocycles. The van der Waals surface area contributed by atoms with Gasteiger partial charge in [-0.2, -0.15) is 0 Å². The lowest BCUT2D eigenvalue weighted by Crippen LogP contribution is -2.09. The monoisotopic (exact) mass is 570 g/mol. The molecule has 5 heteroatoms. The second-order valence-corrected chi connectivity index (χ2v) is 10.5. The highest BCUT2D eigenvalue weighted by atomic mass is 16.5. The number of para-hydroxylation sites is 2. The number of rotatable bonds is 8. The molecular weight excluding hydrogens is 540 g/mol. The number of anilines is 3. The molecular formula is C39H30N4O+2. The van der Waals surface area contributed by atoms with Gasteiger partial charge in [0.1, 0.15) is 11.5 Å². The Hall–Kier alpha value is -6.03. The largest absolute Gasteiger partial charge is 0.495 e. The van der Waals surface area contributed by atoms with Gasteiger partial charge < -0.3 is 9.64 Å². The topological polar surface area (TPSA) is 31.4 Å². The van der Waals surface area contributed by atoms with Crippen molar-refractivity contribution >= 4 is 28.8 Å². The number of hydrogen-bond donors (Lipinski definition) is 0. The van der Waals surface area contributed by atoms with E-state index in [2.05, 4.69) is 102 Å². The normalized spacial score (nSPS) is 12.0. The Labute approximate surface area is 257 Å². The molecule has 0 N–H and O–H groups in total. The van der Waals surface area contributed by atoms with Crippen molar-refractivity contribution in [3.05, 3.63) is 164 Å². The van der Waals surface area contributed by atoms with E-state index in [1.165, 1.54) is 0 Å². The summed E-state index contributed by atoms with van der Waals surface area (Å²) in [5.74, 6) is 1.50. The van der Waals surface area contributed by atoms with Crippen molar-refractivity contribution in [2.45, 2.75) is 0 Å². The lowest BCUT2D eigenvalue weighted by atomic mass is 10.0. The summed E-state index contributed by atoms with van der Waals surface area (Å²) in [5, 5.41) is 0. The van der Waals surface area contributed by atoms with Crippen molar-refractivity contribution < 1.29 is 13.9 Å². The summed E-state index contributed by atoms with van der Waals surface area (Å²) < 4.78 is 10.1. The van der Waals surface area contributed by atoms with Crippen molar-refractivity contribution in [2.24, 2.45) is 0 Å². The molecule has 1 aliphatic heterocycles. The molecule has 2 heterocycles. The maximum Gasteiger partial charge on any atom is 0.495 e. The van der Waals surface area contributed by atoms with Crippen LogP contribution >= 0.6 is 0 Å². The van der Waals surface area contributed by atoms with Gasteiger partial charge in [-0.1, -0.05) is 75.9 Å². The molecule has 1 aliphatic rings. The number of aromatic nitrogens is 1. The first-order valence-electron chi connectivity index (χ1n) is 14.5. The summed E-state index contributed by atoms with van der Waals surface area (Å²) in [6.45, 7) is 0. The van der Waals surface area contributed by atoms with Crippen molar-refractivity contribution in [3.63, 3.8) is 0 Å². The molecule has 210 valence electrons. The third-order valence-electron chi connectivity index (χ3n) is 7.39. The van der Waals surface area contributed by atoms with Gasteiger partial charge in [0.15, 0.2) is 7.05 Å². The molecule has 5 nitrogen and oxygen atoms in total. The van der Waals surface area contributed by atoms with Gasteiger partial charge in [0, 0.05) is 34.9 Å². The summed E-state index contributed by atoms with van der Waals surface area (Å²) in [6.07, 6.45) is 5.79. The Balaban J connectivity index is 1.18. The Kier molecular flexibility index (Phi) is 7.36. The Bertz CT molecular complexity index is 2000. The van der Waals surface area contributed by atoms with Gasteiger partial charge in [0.2, 0.25) is 11.9 Å². The van der Waals surface area contributed by atoms with Crippen LogP contribution in [0.4, 0.5) is 22.7 Å².